The lowest BCUT2D eigenvalue weighted by Gasteiger charge is -2.26. The maximum absolute atomic E-state index is 12.8. The molecular formula is C20H24N2O3. The average Bonchev–Trinajstić information content (AvgIpc) is 3.09. The van der Waals surface area contributed by atoms with E-state index in [9.17, 15) is 14.7 Å². The summed E-state index contributed by atoms with van der Waals surface area (Å²) in [5, 5.41) is 11.4. The molecule has 132 valence electrons. The lowest BCUT2D eigenvalue weighted by atomic mass is 9.92. The van der Waals surface area contributed by atoms with Crippen molar-refractivity contribution in [1.29, 1.82) is 0 Å². The third kappa shape index (κ3) is 2.95. The maximum atomic E-state index is 12.8. The van der Waals surface area contributed by atoms with Crippen LogP contribution in [0.2, 0.25) is 0 Å². The number of H-pyrrole nitrogens is 1. The molecule has 0 aliphatic carbocycles. The monoisotopic (exact) mass is 340 g/mol. The normalized spacial score (nSPS) is 18.0. The van der Waals surface area contributed by atoms with Gasteiger partial charge >= 0.3 is 0 Å². The predicted octanol–water partition coefficient (Wildman–Crippen LogP) is 3.89. The third-order valence-electron chi connectivity index (χ3n) is 4.58. The van der Waals surface area contributed by atoms with Crippen LogP contribution in [0, 0.1) is 5.92 Å². The maximum Gasteiger partial charge on any atom is 0.290 e. The van der Waals surface area contributed by atoms with E-state index >= 15 is 0 Å². The van der Waals surface area contributed by atoms with Crippen molar-refractivity contribution in [3.05, 3.63) is 47.4 Å². The summed E-state index contributed by atoms with van der Waals surface area (Å²) in [4.78, 5) is 30.2. The molecule has 1 aromatic carbocycles. The minimum absolute atomic E-state index is 0.158. The van der Waals surface area contributed by atoms with Gasteiger partial charge in [0, 0.05) is 35.6 Å². The molecule has 0 fully saturated rings. The number of nitrogens with zero attached hydrogens (tertiary/aromatic N) is 1. The lowest BCUT2D eigenvalue weighted by molar-refractivity contribution is -0.129. The topological polar surface area (TPSA) is 73.4 Å². The number of rotatable bonds is 6. The number of benzene rings is 1. The van der Waals surface area contributed by atoms with Gasteiger partial charge in [-0.2, -0.15) is 0 Å². The van der Waals surface area contributed by atoms with Crippen molar-refractivity contribution in [3.8, 4) is 0 Å². The van der Waals surface area contributed by atoms with E-state index in [1.165, 1.54) is 0 Å². The molecule has 0 spiro atoms. The minimum Gasteiger partial charge on any atom is -0.503 e. The zero-order valence-electron chi connectivity index (χ0n) is 14.9. The van der Waals surface area contributed by atoms with Gasteiger partial charge < -0.3 is 15.0 Å². The van der Waals surface area contributed by atoms with Crippen LogP contribution in [-0.2, 0) is 9.59 Å². The highest BCUT2D eigenvalue weighted by molar-refractivity contribution is 6.09. The number of hydrogen-bond donors (Lipinski definition) is 2. The van der Waals surface area contributed by atoms with Crippen LogP contribution in [0.1, 0.15) is 45.2 Å². The van der Waals surface area contributed by atoms with Crippen LogP contribution < -0.4 is 0 Å². The Balaban J connectivity index is 2.13. The summed E-state index contributed by atoms with van der Waals surface area (Å²) in [5.74, 6) is -0.847. The van der Waals surface area contributed by atoms with Crippen molar-refractivity contribution >= 4 is 22.6 Å². The second-order valence-corrected chi connectivity index (χ2v) is 6.97. The van der Waals surface area contributed by atoms with E-state index in [-0.39, 0.29) is 17.3 Å². The molecular weight excluding hydrogens is 316 g/mol. The Morgan fingerprint density at radius 2 is 2.04 bits per heavy atom. The van der Waals surface area contributed by atoms with Crippen LogP contribution in [-0.4, -0.2) is 33.2 Å². The van der Waals surface area contributed by atoms with E-state index in [0.29, 0.717) is 13.0 Å². The first-order valence-corrected chi connectivity index (χ1v) is 8.79. The highest BCUT2D eigenvalue weighted by Crippen LogP contribution is 2.41. The highest BCUT2D eigenvalue weighted by Gasteiger charge is 2.43. The van der Waals surface area contributed by atoms with Crippen LogP contribution in [0.3, 0.4) is 0 Å². The molecule has 1 aliphatic rings. The highest BCUT2D eigenvalue weighted by atomic mass is 16.3. The van der Waals surface area contributed by atoms with Crippen LogP contribution in [0.15, 0.2) is 41.8 Å². The Morgan fingerprint density at radius 1 is 1.32 bits per heavy atom. The van der Waals surface area contributed by atoms with Crippen molar-refractivity contribution in [2.24, 2.45) is 5.92 Å². The van der Waals surface area contributed by atoms with E-state index in [1.807, 2.05) is 51.2 Å². The van der Waals surface area contributed by atoms with Crippen molar-refractivity contribution in [1.82, 2.24) is 9.88 Å². The second-order valence-electron chi connectivity index (χ2n) is 6.97. The largest absolute Gasteiger partial charge is 0.503 e. The van der Waals surface area contributed by atoms with Gasteiger partial charge in [-0.05, 0) is 18.4 Å². The fourth-order valence-corrected chi connectivity index (χ4v) is 3.53. The number of aliphatic hydroxyl groups excluding tert-OH is 1. The van der Waals surface area contributed by atoms with Crippen LogP contribution >= 0.6 is 0 Å². The summed E-state index contributed by atoms with van der Waals surface area (Å²) in [7, 11) is 0. The predicted molar refractivity (Wildman–Crippen MR) is 97.2 cm³/mol. The Labute approximate surface area is 147 Å². The van der Waals surface area contributed by atoms with Gasteiger partial charge in [-0.3, -0.25) is 9.59 Å². The first kappa shape index (κ1) is 17.3. The van der Waals surface area contributed by atoms with E-state index in [2.05, 4.69) is 4.98 Å². The molecule has 1 amide bonds. The number of para-hydroxylation sites is 1. The Hall–Kier alpha value is -2.56. The van der Waals surface area contributed by atoms with Gasteiger partial charge in [-0.1, -0.05) is 39.0 Å². The number of carbonyl (C=O) groups excluding carboxylic acids is 2. The standard InChI is InChI=1S/C20H24N2O3/c1-4-9-22-18(14-11-21-15-8-6-5-7-13(14)15)17(19(24)20(22)25)16(23)10-12(2)3/h5-8,11-12,18,21,24H,4,9-10H2,1-3H3. The van der Waals surface area contributed by atoms with Crippen molar-refractivity contribution in [2.45, 2.75) is 39.7 Å². The fourth-order valence-electron chi connectivity index (χ4n) is 3.53. The molecule has 0 saturated heterocycles. The number of aromatic nitrogens is 1. The summed E-state index contributed by atoms with van der Waals surface area (Å²) in [6.07, 6.45) is 2.90. The molecule has 1 aliphatic heterocycles. The SMILES string of the molecule is CCCN1C(=O)C(O)=C(C(=O)CC(C)C)C1c1c[nH]c2ccccc12. The number of fused-ring (bicyclic) bond motifs is 1. The smallest absolute Gasteiger partial charge is 0.290 e. The van der Waals surface area contributed by atoms with Crippen LogP contribution in [0.5, 0.6) is 0 Å². The number of aliphatic hydroxyl groups is 1. The second kappa shape index (κ2) is 6.75. The molecule has 1 aromatic heterocycles. The van der Waals surface area contributed by atoms with Gasteiger partial charge in [-0.15, -0.1) is 0 Å². The van der Waals surface area contributed by atoms with Gasteiger partial charge in [0.1, 0.15) is 0 Å². The molecule has 1 atom stereocenters. The van der Waals surface area contributed by atoms with Crippen molar-refractivity contribution < 1.29 is 14.7 Å². The lowest BCUT2D eigenvalue weighted by Crippen LogP contribution is -2.31. The quantitative estimate of drug-likeness (QED) is 0.838. The first-order valence-electron chi connectivity index (χ1n) is 8.79. The summed E-state index contributed by atoms with van der Waals surface area (Å²) in [5.41, 5.74) is 2.04. The number of nitrogens with one attached hydrogen (secondary N) is 1. The van der Waals surface area contributed by atoms with Crippen LogP contribution in [0.25, 0.3) is 10.9 Å². The number of Topliss-reactive ketones (excluding diaryl/α,β-unsaturated/α-hetero) is 1. The molecule has 3 rings (SSSR count). The average molecular weight is 340 g/mol. The van der Waals surface area contributed by atoms with Gasteiger partial charge in [0.25, 0.3) is 5.91 Å². The Kier molecular flexibility index (Phi) is 4.66. The molecule has 5 heteroatoms. The Bertz CT molecular complexity index is 847. The summed E-state index contributed by atoms with van der Waals surface area (Å²) < 4.78 is 0. The molecule has 25 heavy (non-hydrogen) atoms. The van der Waals surface area contributed by atoms with Crippen LogP contribution in [0.4, 0.5) is 0 Å². The molecule has 0 saturated carbocycles. The third-order valence-corrected chi connectivity index (χ3v) is 4.58. The molecule has 0 radical (unpaired) electrons. The molecule has 2 heterocycles. The van der Waals surface area contributed by atoms with Crippen molar-refractivity contribution in [3.63, 3.8) is 0 Å². The molecule has 0 bridgehead atoms. The zero-order chi connectivity index (χ0) is 18.1. The summed E-state index contributed by atoms with van der Waals surface area (Å²) in [6.45, 7) is 6.38. The number of carbonyl (C=O) groups is 2. The molecule has 1 unspecified atom stereocenters. The van der Waals surface area contributed by atoms with Gasteiger partial charge in [0.05, 0.1) is 11.6 Å². The minimum atomic E-state index is -0.533. The zero-order valence-corrected chi connectivity index (χ0v) is 14.9. The van der Waals surface area contributed by atoms with Gasteiger partial charge in [0.15, 0.2) is 11.5 Å². The molecule has 5 nitrogen and oxygen atoms in total. The first-order chi connectivity index (χ1) is 12.0. The molecule has 2 aromatic rings. The summed E-state index contributed by atoms with van der Waals surface area (Å²) in [6, 6.07) is 7.26. The fraction of sp³-hybridized carbons (Fsp3) is 0.400. The van der Waals surface area contributed by atoms with Gasteiger partial charge in [0.2, 0.25) is 0 Å². The van der Waals surface area contributed by atoms with E-state index in [4.69, 9.17) is 0 Å². The Morgan fingerprint density at radius 3 is 2.72 bits per heavy atom. The van der Waals surface area contributed by atoms with E-state index in [0.717, 1.165) is 22.9 Å². The van der Waals surface area contributed by atoms with Crippen molar-refractivity contribution in [2.75, 3.05) is 6.54 Å². The number of ketones is 1. The van der Waals surface area contributed by atoms with Gasteiger partial charge in [-0.25, -0.2) is 0 Å². The number of hydrogen-bond acceptors (Lipinski definition) is 3. The number of amides is 1. The van der Waals surface area contributed by atoms with E-state index in [1.54, 1.807) is 4.90 Å². The molecule has 2 N–H and O–H groups in total. The summed E-state index contributed by atoms with van der Waals surface area (Å²) >= 11 is 0. The van der Waals surface area contributed by atoms with E-state index < -0.39 is 17.7 Å². The number of aromatic amines is 1.